The first-order chi connectivity index (χ1) is 20.3. The molecule has 0 unspecified atom stereocenters. The molecule has 1 saturated heterocycles. The van der Waals surface area contributed by atoms with Crippen LogP contribution in [0.2, 0.25) is 0 Å². The second-order valence-corrected chi connectivity index (χ2v) is 10.6. The molecule has 0 spiro atoms. The second-order valence-electron chi connectivity index (χ2n) is 10.6. The molecule has 11 nitrogen and oxygen atoms in total. The Morgan fingerprint density at radius 1 is 1.02 bits per heavy atom. The maximum Gasteiger partial charge on any atom is 0.254 e. The number of aromatic nitrogens is 4. The first-order valence-corrected chi connectivity index (χ1v) is 14.1. The third-order valence-corrected chi connectivity index (χ3v) is 7.61. The van der Waals surface area contributed by atoms with Gasteiger partial charge in [0.15, 0.2) is 0 Å². The van der Waals surface area contributed by atoms with Crippen LogP contribution in [0.5, 0.6) is 11.5 Å². The second kappa shape index (κ2) is 12.9. The van der Waals surface area contributed by atoms with Crippen molar-refractivity contribution in [2.75, 3.05) is 32.2 Å². The Morgan fingerprint density at radius 3 is 2.36 bits per heavy atom. The Balaban J connectivity index is 1.30. The highest BCUT2D eigenvalue weighted by Gasteiger charge is 2.28. The van der Waals surface area contributed by atoms with Crippen molar-refractivity contribution < 1.29 is 19.1 Å². The van der Waals surface area contributed by atoms with Gasteiger partial charge in [-0.05, 0) is 43.0 Å². The van der Waals surface area contributed by atoms with Gasteiger partial charge >= 0.3 is 0 Å². The average molecular weight is 572 g/mol. The summed E-state index contributed by atoms with van der Waals surface area (Å²) in [6.07, 6.45) is 4.06. The van der Waals surface area contributed by atoms with Crippen molar-refractivity contribution in [1.82, 2.24) is 30.2 Å². The van der Waals surface area contributed by atoms with Crippen LogP contribution in [0.15, 0.2) is 54.9 Å². The van der Waals surface area contributed by atoms with E-state index in [0.717, 1.165) is 55.0 Å². The van der Waals surface area contributed by atoms with Crippen LogP contribution in [0, 0.1) is 6.92 Å². The van der Waals surface area contributed by atoms with E-state index in [1.807, 2.05) is 41.8 Å². The van der Waals surface area contributed by atoms with Gasteiger partial charge in [0.1, 0.15) is 29.7 Å². The Bertz CT molecular complexity index is 1530. The fourth-order valence-corrected chi connectivity index (χ4v) is 5.51. The van der Waals surface area contributed by atoms with Crippen molar-refractivity contribution in [1.29, 1.82) is 0 Å². The summed E-state index contributed by atoms with van der Waals surface area (Å²) >= 11 is 0. The van der Waals surface area contributed by atoms with Gasteiger partial charge in [0.2, 0.25) is 11.8 Å². The number of anilines is 1. The maximum absolute atomic E-state index is 13.4. The smallest absolute Gasteiger partial charge is 0.254 e. The Labute approximate surface area is 245 Å². The fraction of sp³-hybridized carbons (Fsp3) is 0.387. The molecule has 0 bridgehead atoms. The van der Waals surface area contributed by atoms with Crippen LogP contribution in [0.4, 0.5) is 5.82 Å². The zero-order valence-electron chi connectivity index (χ0n) is 24.5. The number of nitrogens with zero attached hydrogens (tertiary/aromatic N) is 5. The molecular weight excluding hydrogens is 534 g/mol. The van der Waals surface area contributed by atoms with E-state index in [0.29, 0.717) is 23.7 Å². The maximum atomic E-state index is 13.4. The number of hydrogen-bond acceptors (Lipinski definition) is 8. The molecule has 1 aliphatic rings. The van der Waals surface area contributed by atoms with Gasteiger partial charge in [0.05, 0.1) is 14.2 Å². The van der Waals surface area contributed by atoms with E-state index in [2.05, 4.69) is 37.7 Å². The standard InChI is InChI=1S/C31H37N7O4/c1-20-27(16-22-8-6-5-7-9-22)30(38-31(34-20)32-19-33-38)37-12-10-24(11-13-37)36-29(40)28(35-21(2)39)17-23-14-25(41-3)18-26(15-23)42-4/h5-9,14-15,18-19,24,28H,10-13,16-17H2,1-4H3,(H,35,39)(H,36,40)/t28-/m0/s1. The highest BCUT2D eigenvalue weighted by molar-refractivity contribution is 5.87. The zero-order chi connectivity index (χ0) is 29.6. The Morgan fingerprint density at radius 2 is 1.71 bits per heavy atom. The predicted molar refractivity (Wildman–Crippen MR) is 159 cm³/mol. The number of ether oxygens (including phenoxy) is 2. The van der Waals surface area contributed by atoms with Gasteiger partial charge in [0.25, 0.3) is 5.78 Å². The normalized spacial score (nSPS) is 14.4. The largest absolute Gasteiger partial charge is 0.497 e. The highest BCUT2D eigenvalue weighted by atomic mass is 16.5. The third-order valence-electron chi connectivity index (χ3n) is 7.61. The topological polar surface area (TPSA) is 123 Å². The van der Waals surface area contributed by atoms with Crippen LogP contribution in [-0.4, -0.2) is 70.8 Å². The molecule has 3 heterocycles. The number of carbonyl (C=O) groups is 2. The average Bonchev–Trinajstić information content (AvgIpc) is 3.45. The predicted octanol–water partition coefficient (Wildman–Crippen LogP) is 2.87. The molecule has 0 saturated carbocycles. The molecule has 2 N–H and O–H groups in total. The first-order valence-electron chi connectivity index (χ1n) is 14.1. The zero-order valence-corrected chi connectivity index (χ0v) is 24.5. The van der Waals surface area contributed by atoms with E-state index in [1.54, 1.807) is 20.3 Å². The van der Waals surface area contributed by atoms with Crippen LogP contribution >= 0.6 is 0 Å². The van der Waals surface area contributed by atoms with E-state index in [4.69, 9.17) is 14.5 Å². The van der Waals surface area contributed by atoms with E-state index < -0.39 is 6.04 Å². The van der Waals surface area contributed by atoms with Crippen LogP contribution in [0.3, 0.4) is 0 Å². The van der Waals surface area contributed by atoms with Crippen molar-refractivity contribution in [3.63, 3.8) is 0 Å². The van der Waals surface area contributed by atoms with Crippen LogP contribution in [0.25, 0.3) is 5.78 Å². The molecule has 1 fully saturated rings. The monoisotopic (exact) mass is 571 g/mol. The van der Waals surface area contributed by atoms with Crippen LogP contribution in [-0.2, 0) is 22.4 Å². The number of piperidine rings is 1. The van der Waals surface area contributed by atoms with Crippen LogP contribution < -0.4 is 25.0 Å². The van der Waals surface area contributed by atoms with Crippen molar-refractivity contribution in [3.05, 3.63) is 77.2 Å². The van der Waals surface area contributed by atoms with Crippen molar-refractivity contribution in [2.24, 2.45) is 0 Å². The van der Waals surface area contributed by atoms with E-state index >= 15 is 0 Å². The van der Waals surface area contributed by atoms with Gasteiger partial charge in [-0.15, -0.1) is 0 Å². The van der Waals surface area contributed by atoms with Gasteiger partial charge in [-0.1, -0.05) is 30.3 Å². The summed E-state index contributed by atoms with van der Waals surface area (Å²) < 4.78 is 12.6. The molecule has 0 radical (unpaired) electrons. The molecule has 1 aliphatic heterocycles. The lowest BCUT2D eigenvalue weighted by Gasteiger charge is -2.35. The lowest BCUT2D eigenvalue weighted by atomic mass is 10.00. The number of hydrogen-bond donors (Lipinski definition) is 2. The summed E-state index contributed by atoms with van der Waals surface area (Å²) in [6, 6.07) is 15.0. The van der Waals surface area contributed by atoms with Gasteiger partial charge in [-0.3, -0.25) is 9.59 Å². The quantitative estimate of drug-likeness (QED) is 0.298. The van der Waals surface area contributed by atoms with Crippen LogP contribution in [0.1, 0.15) is 42.1 Å². The minimum atomic E-state index is -0.729. The van der Waals surface area contributed by atoms with E-state index in [-0.39, 0.29) is 17.9 Å². The molecule has 1 atom stereocenters. The van der Waals surface area contributed by atoms with E-state index in [1.165, 1.54) is 18.8 Å². The van der Waals surface area contributed by atoms with Gasteiger partial charge in [-0.2, -0.15) is 14.6 Å². The molecule has 42 heavy (non-hydrogen) atoms. The molecule has 2 aromatic heterocycles. The Hall–Kier alpha value is -4.67. The number of carbonyl (C=O) groups excluding carboxylic acids is 2. The number of fused-ring (bicyclic) bond motifs is 1. The highest BCUT2D eigenvalue weighted by Crippen LogP contribution is 2.29. The minimum Gasteiger partial charge on any atom is -0.497 e. The molecule has 11 heteroatoms. The number of rotatable bonds is 10. The molecule has 220 valence electrons. The third kappa shape index (κ3) is 6.62. The van der Waals surface area contributed by atoms with Gasteiger partial charge in [0, 0.05) is 56.2 Å². The lowest BCUT2D eigenvalue weighted by Crippen LogP contribution is -2.52. The molecule has 2 aromatic carbocycles. The Kier molecular flexibility index (Phi) is 8.85. The molecule has 5 rings (SSSR count). The molecule has 2 amide bonds. The number of nitrogens with one attached hydrogen (secondary N) is 2. The van der Waals surface area contributed by atoms with Gasteiger partial charge in [-0.25, -0.2) is 4.98 Å². The summed E-state index contributed by atoms with van der Waals surface area (Å²) in [7, 11) is 3.16. The minimum absolute atomic E-state index is 0.0309. The fourth-order valence-electron chi connectivity index (χ4n) is 5.51. The van der Waals surface area contributed by atoms with Crippen molar-refractivity contribution in [2.45, 2.75) is 51.6 Å². The summed E-state index contributed by atoms with van der Waals surface area (Å²) in [4.78, 5) is 36.8. The molecule has 4 aromatic rings. The molecular formula is C31H37N7O4. The van der Waals surface area contributed by atoms with E-state index in [9.17, 15) is 9.59 Å². The SMILES string of the molecule is COc1cc(C[C@H](NC(C)=O)C(=O)NC2CCN(c3c(Cc4ccccc4)c(C)nc4ncnn34)CC2)cc(OC)c1. The summed E-state index contributed by atoms with van der Waals surface area (Å²) in [6.45, 7) is 4.88. The number of amides is 2. The van der Waals surface area contributed by atoms with Crippen molar-refractivity contribution >= 4 is 23.4 Å². The summed E-state index contributed by atoms with van der Waals surface area (Å²) in [5.41, 5.74) is 4.06. The summed E-state index contributed by atoms with van der Waals surface area (Å²) in [5, 5.41) is 10.5. The summed E-state index contributed by atoms with van der Waals surface area (Å²) in [5.74, 6) is 2.33. The van der Waals surface area contributed by atoms with Gasteiger partial charge < -0.3 is 25.0 Å². The van der Waals surface area contributed by atoms with Crippen molar-refractivity contribution in [3.8, 4) is 11.5 Å². The molecule has 0 aliphatic carbocycles. The number of methoxy groups -OCH3 is 2. The number of aryl methyl sites for hydroxylation is 1. The number of benzene rings is 2. The lowest BCUT2D eigenvalue weighted by molar-refractivity contribution is -0.128. The first kappa shape index (κ1) is 28.8.